The van der Waals surface area contributed by atoms with Crippen molar-refractivity contribution in [3.05, 3.63) is 47.1 Å². The van der Waals surface area contributed by atoms with Crippen molar-refractivity contribution in [2.75, 3.05) is 0 Å². The van der Waals surface area contributed by atoms with Gasteiger partial charge in [0.1, 0.15) is 5.78 Å². The number of hydrogen-bond donors (Lipinski definition) is 0. The second kappa shape index (κ2) is 4.33. The molecule has 0 saturated heterocycles. The summed E-state index contributed by atoms with van der Waals surface area (Å²) in [6.45, 7) is 0. The van der Waals surface area contributed by atoms with Crippen molar-refractivity contribution in [1.29, 1.82) is 0 Å². The molecular weight excluding hydrogens is 232 g/mol. The number of fused-ring (bicyclic) bond motifs is 3. The van der Waals surface area contributed by atoms with Gasteiger partial charge in [0.25, 0.3) is 0 Å². The van der Waals surface area contributed by atoms with Crippen molar-refractivity contribution in [2.24, 2.45) is 17.8 Å². The molecule has 1 fully saturated rings. The zero-order valence-corrected chi connectivity index (χ0v) is 11.3. The Bertz CT molecular complexity index is 544. The summed E-state index contributed by atoms with van der Waals surface area (Å²) in [6.07, 6.45) is 18.3. The SMILES string of the molecule is O=C1C2CC=CC=C2C=C2C=C3CCCCC3CC12. The average Bonchev–Trinajstić information content (AvgIpc) is 2.46. The van der Waals surface area contributed by atoms with E-state index in [1.165, 1.54) is 36.8 Å². The summed E-state index contributed by atoms with van der Waals surface area (Å²) in [5.41, 5.74) is 4.16. The van der Waals surface area contributed by atoms with E-state index in [2.05, 4.69) is 30.4 Å². The molecule has 1 heteroatoms. The van der Waals surface area contributed by atoms with Crippen molar-refractivity contribution in [2.45, 2.75) is 38.5 Å². The topological polar surface area (TPSA) is 17.1 Å². The van der Waals surface area contributed by atoms with Crippen LogP contribution in [0.1, 0.15) is 38.5 Å². The van der Waals surface area contributed by atoms with Crippen LogP contribution in [-0.4, -0.2) is 5.78 Å². The molecule has 0 bridgehead atoms. The first kappa shape index (κ1) is 11.5. The molecule has 3 unspecified atom stereocenters. The Morgan fingerprint density at radius 1 is 1.05 bits per heavy atom. The maximum Gasteiger partial charge on any atom is 0.148 e. The van der Waals surface area contributed by atoms with Gasteiger partial charge in [-0.15, -0.1) is 0 Å². The second-order valence-electron chi connectivity index (χ2n) is 6.38. The van der Waals surface area contributed by atoms with Gasteiger partial charge in [0.15, 0.2) is 0 Å². The highest BCUT2D eigenvalue weighted by Crippen LogP contribution is 2.46. The van der Waals surface area contributed by atoms with Crippen LogP contribution in [0.5, 0.6) is 0 Å². The first-order valence-corrected chi connectivity index (χ1v) is 7.65. The fourth-order valence-electron chi connectivity index (χ4n) is 4.24. The lowest BCUT2D eigenvalue weighted by molar-refractivity contribution is -0.125. The minimum absolute atomic E-state index is 0.150. The summed E-state index contributed by atoms with van der Waals surface area (Å²) in [6, 6.07) is 0. The van der Waals surface area contributed by atoms with Crippen LogP contribution < -0.4 is 0 Å². The maximum absolute atomic E-state index is 12.7. The van der Waals surface area contributed by atoms with Crippen molar-refractivity contribution < 1.29 is 4.79 Å². The molecule has 98 valence electrons. The first-order chi connectivity index (χ1) is 9.33. The highest BCUT2D eigenvalue weighted by molar-refractivity contribution is 5.92. The van der Waals surface area contributed by atoms with Crippen LogP contribution in [0.15, 0.2) is 47.1 Å². The number of carbonyl (C=O) groups is 1. The molecule has 0 amide bonds. The van der Waals surface area contributed by atoms with Crippen LogP contribution >= 0.6 is 0 Å². The molecule has 4 aliphatic rings. The molecule has 19 heavy (non-hydrogen) atoms. The van der Waals surface area contributed by atoms with E-state index in [-0.39, 0.29) is 11.8 Å². The summed E-state index contributed by atoms with van der Waals surface area (Å²) in [5, 5.41) is 0. The molecule has 0 aromatic heterocycles. The molecule has 4 aliphatic carbocycles. The Labute approximate surface area is 114 Å². The van der Waals surface area contributed by atoms with Crippen LogP contribution in [0.3, 0.4) is 0 Å². The van der Waals surface area contributed by atoms with E-state index in [9.17, 15) is 4.79 Å². The van der Waals surface area contributed by atoms with Gasteiger partial charge in [0, 0.05) is 11.8 Å². The number of Topliss-reactive ketones (excluding diaryl/α,β-unsaturated/α-hetero) is 1. The van der Waals surface area contributed by atoms with E-state index in [4.69, 9.17) is 0 Å². The zero-order chi connectivity index (χ0) is 12.8. The van der Waals surface area contributed by atoms with E-state index in [0.29, 0.717) is 11.7 Å². The monoisotopic (exact) mass is 252 g/mol. The average molecular weight is 252 g/mol. The van der Waals surface area contributed by atoms with Crippen LogP contribution in [0.25, 0.3) is 0 Å². The lowest BCUT2D eigenvalue weighted by Crippen LogP contribution is -2.34. The molecule has 3 atom stereocenters. The normalized spacial score (nSPS) is 36.5. The van der Waals surface area contributed by atoms with Crippen LogP contribution in [-0.2, 0) is 4.79 Å². The van der Waals surface area contributed by atoms with E-state index >= 15 is 0 Å². The Morgan fingerprint density at radius 3 is 2.95 bits per heavy atom. The molecule has 0 N–H and O–H groups in total. The quantitative estimate of drug-likeness (QED) is 0.633. The molecule has 4 rings (SSSR count). The standard InChI is InChI=1S/C18H20O/c19-18-16-8-4-3-7-14(16)10-15-9-12-5-1-2-6-13(12)11-17(15)18/h3-4,7,9-10,13,16-17H,1-2,5-6,8,11H2. The van der Waals surface area contributed by atoms with Crippen LogP contribution in [0, 0.1) is 17.8 Å². The summed E-state index contributed by atoms with van der Waals surface area (Å²) >= 11 is 0. The minimum Gasteiger partial charge on any atom is -0.298 e. The third kappa shape index (κ3) is 1.79. The number of carbonyl (C=O) groups excluding carboxylic acids is 1. The number of hydrogen-bond acceptors (Lipinski definition) is 1. The van der Waals surface area contributed by atoms with Gasteiger partial charge in [-0.25, -0.2) is 0 Å². The summed E-state index contributed by atoms with van der Waals surface area (Å²) < 4.78 is 0. The smallest absolute Gasteiger partial charge is 0.148 e. The summed E-state index contributed by atoms with van der Waals surface area (Å²) in [4.78, 5) is 12.7. The molecule has 0 spiro atoms. The van der Waals surface area contributed by atoms with E-state index in [1.54, 1.807) is 5.57 Å². The molecule has 0 radical (unpaired) electrons. The van der Waals surface area contributed by atoms with Crippen molar-refractivity contribution in [3.8, 4) is 0 Å². The van der Waals surface area contributed by atoms with Gasteiger partial charge in [-0.3, -0.25) is 4.79 Å². The number of ketones is 1. The Balaban J connectivity index is 1.76. The lowest BCUT2D eigenvalue weighted by Gasteiger charge is -2.38. The van der Waals surface area contributed by atoms with Gasteiger partial charge in [-0.05, 0) is 49.2 Å². The van der Waals surface area contributed by atoms with Gasteiger partial charge in [0.2, 0.25) is 0 Å². The molecular formula is C18H20O. The Morgan fingerprint density at radius 2 is 2.00 bits per heavy atom. The Kier molecular flexibility index (Phi) is 2.61. The van der Waals surface area contributed by atoms with E-state index in [0.717, 1.165) is 12.8 Å². The van der Waals surface area contributed by atoms with E-state index < -0.39 is 0 Å². The van der Waals surface area contributed by atoms with Gasteiger partial charge >= 0.3 is 0 Å². The second-order valence-corrected chi connectivity index (χ2v) is 6.38. The predicted molar refractivity (Wildman–Crippen MR) is 76.6 cm³/mol. The summed E-state index contributed by atoms with van der Waals surface area (Å²) in [7, 11) is 0. The highest BCUT2D eigenvalue weighted by atomic mass is 16.1. The third-order valence-electron chi connectivity index (χ3n) is 5.29. The van der Waals surface area contributed by atoms with Gasteiger partial charge in [-0.2, -0.15) is 0 Å². The Hall–Kier alpha value is -1.37. The lowest BCUT2D eigenvalue weighted by atomic mass is 9.65. The van der Waals surface area contributed by atoms with Crippen LogP contribution in [0.2, 0.25) is 0 Å². The maximum atomic E-state index is 12.7. The molecule has 1 saturated carbocycles. The van der Waals surface area contributed by atoms with Gasteiger partial charge in [-0.1, -0.05) is 42.4 Å². The van der Waals surface area contributed by atoms with Crippen molar-refractivity contribution in [3.63, 3.8) is 0 Å². The fourth-order valence-corrected chi connectivity index (χ4v) is 4.24. The fraction of sp³-hybridized carbons (Fsp3) is 0.500. The highest BCUT2D eigenvalue weighted by Gasteiger charge is 2.39. The van der Waals surface area contributed by atoms with Crippen LogP contribution in [0.4, 0.5) is 0 Å². The third-order valence-corrected chi connectivity index (χ3v) is 5.29. The molecule has 0 heterocycles. The predicted octanol–water partition coefficient (Wildman–Crippen LogP) is 4.13. The first-order valence-electron chi connectivity index (χ1n) is 7.65. The number of allylic oxidation sites excluding steroid dienone is 8. The van der Waals surface area contributed by atoms with Crippen molar-refractivity contribution >= 4 is 5.78 Å². The summed E-state index contributed by atoms with van der Waals surface area (Å²) in [5.74, 6) is 1.52. The van der Waals surface area contributed by atoms with Gasteiger partial charge in [0.05, 0.1) is 0 Å². The molecule has 0 aromatic carbocycles. The van der Waals surface area contributed by atoms with Gasteiger partial charge < -0.3 is 0 Å². The molecule has 1 nitrogen and oxygen atoms in total. The molecule has 0 aromatic rings. The minimum atomic E-state index is 0.150. The largest absolute Gasteiger partial charge is 0.298 e. The zero-order valence-electron chi connectivity index (χ0n) is 11.3. The number of rotatable bonds is 0. The van der Waals surface area contributed by atoms with E-state index in [1.807, 2.05) is 0 Å². The van der Waals surface area contributed by atoms with Crippen molar-refractivity contribution in [1.82, 2.24) is 0 Å². The molecule has 0 aliphatic heterocycles.